The minimum absolute atomic E-state index is 0.0364. The van der Waals surface area contributed by atoms with Crippen LogP contribution in [-0.4, -0.2) is 50.4 Å². The summed E-state index contributed by atoms with van der Waals surface area (Å²) in [7, 11) is 4.01. The fraction of sp³-hybridized carbons (Fsp3) is 0.391. The standard InChI is InChI=1S/C23H29ClN4O2/c1-16-6-9-18(14-20(16)24)26-23(30)22(29)25-15-21(28-12-4-5-13-28)17-7-10-19(11-8-17)27(2)3/h6-11,14,21H,4-5,12-13,15H2,1-3H3,(H,25,29)(H,26,30). The molecule has 6 nitrogen and oxygen atoms in total. The van der Waals surface area contributed by atoms with Crippen LogP contribution in [0.1, 0.15) is 30.0 Å². The van der Waals surface area contributed by atoms with Gasteiger partial charge in [0, 0.05) is 37.0 Å². The van der Waals surface area contributed by atoms with Crippen LogP contribution in [0.4, 0.5) is 11.4 Å². The summed E-state index contributed by atoms with van der Waals surface area (Å²) in [6.07, 6.45) is 2.30. The van der Waals surface area contributed by atoms with Crippen molar-refractivity contribution in [3.63, 3.8) is 0 Å². The molecule has 1 atom stereocenters. The number of aryl methyl sites for hydroxylation is 1. The van der Waals surface area contributed by atoms with Gasteiger partial charge in [-0.2, -0.15) is 0 Å². The summed E-state index contributed by atoms with van der Waals surface area (Å²) in [6.45, 7) is 4.24. The molecule has 1 aliphatic rings. The molecule has 7 heteroatoms. The molecule has 2 aromatic rings. The molecule has 1 aliphatic heterocycles. The Hall–Kier alpha value is -2.57. The van der Waals surface area contributed by atoms with Gasteiger partial charge in [0.15, 0.2) is 0 Å². The van der Waals surface area contributed by atoms with Crippen LogP contribution in [0, 0.1) is 6.92 Å². The number of nitrogens with zero attached hydrogens (tertiary/aromatic N) is 2. The van der Waals surface area contributed by atoms with E-state index in [1.807, 2.05) is 21.0 Å². The van der Waals surface area contributed by atoms with E-state index in [0.717, 1.165) is 42.7 Å². The Balaban J connectivity index is 1.64. The number of hydrogen-bond donors (Lipinski definition) is 2. The Morgan fingerprint density at radius 2 is 1.73 bits per heavy atom. The van der Waals surface area contributed by atoms with Crippen molar-refractivity contribution in [2.24, 2.45) is 0 Å². The van der Waals surface area contributed by atoms with Gasteiger partial charge in [-0.05, 0) is 68.2 Å². The Kier molecular flexibility index (Phi) is 7.34. The molecular formula is C23H29ClN4O2. The number of likely N-dealkylation sites (tertiary alicyclic amines) is 1. The Bertz CT molecular complexity index is 893. The molecule has 2 aromatic carbocycles. The summed E-state index contributed by atoms with van der Waals surface area (Å²) in [6, 6.07) is 13.6. The quantitative estimate of drug-likeness (QED) is 0.690. The van der Waals surface area contributed by atoms with E-state index in [1.165, 1.54) is 0 Å². The van der Waals surface area contributed by atoms with Crippen molar-refractivity contribution in [2.45, 2.75) is 25.8 Å². The predicted molar refractivity (Wildman–Crippen MR) is 122 cm³/mol. The zero-order valence-corrected chi connectivity index (χ0v) is 18.5. The Morgan fingerprint density at radius 3 is 2.33 bits per heavy atom. The number of amides is 2. The van der Waals surface area contributed by atoms with E-state index >= 15 is 0 Å². The Labute approximate surface area is 183 Å². The summed E-state index contributed by atoms with van der Waals surface area (Å²) in [5.41, 5.74) is 3.67. The second-order valence-electron chi connectivity index (χ2n) is 7.87. The topological polar surface area (TPSA) is 64.7 Å². The van der Waals surface area contributed by atoms with Crippen LogP contribution in [-0.2, 0) is 9.59 Å². The van der Waals surface area contributed by atoms with Gasteiger partial charge in [0.25, 0.3) is 0 Å². The third kappa shape index (κ3) is 5.52. The maximum atomic E-state index is 12.4. The highest BCUT2D eigenvalue weighted by Crippen LogP contribution is 2.26. The van der Waals surface area contributed by atoms with Crippen molar-refractivity contribution < 1.29 is 9.59 Å². The first-order valence-corrected chi connectivity index (χ1v) is 10.6. The van der Waals surface area contributed by atoms with E-state index in [2.05, 4.69) is 44.7 Å². The van der Waals surface area contributed by atoms with Gasteiger partial charge in [-0.1, -0.05) is 29.8 Å². The molecule has 0 aromatic heterocycles. The number of anilines is 2. The van der Waals surface area contributed by atoms with Crippen LogP contribution in [0.5, 0.6) is 0 Å². The Morgan fingerprint density at radius 1 is 1.07 bits per heavy atom. The highest BCUT2D eigenvalue weighted by atomic mass is 35.5. The van der Waals surface area contributed by atoms with Gasteiger partial charge in [-0.3, -0.25) is 14.5 Å². The number of rotatable bonds is 6. The number of nitrogens with one attached hydrogen (secondary N) is 2. The monoisotopic (exact) mass is 428 g/mol. The van der Waals surface area contributed by atoms with Gasteiger partial charge in [0.05, 0.1) is 6.04 Å². The zero-order chi connectivity index (χ0) is 21.7. The summed E-state index contributed by atoms with van der Waals surface area (Å²) in [5.74, 6) is -1.35. The molecule has 2 N–H and O–H groups in total. The normalized spacial score (nSPS) is 14.9. The molecular weight excluding hydrogens is 400 g/mol. The van der Waals surface area contributed by atoms with Crippen LogP contribution in [0.25, 0.3) is 0 Å². The molecule has 3 rings (SSSR count). The van der Waals surface area contributed by atoms with Gasteiger partial charge in [0.1, 0.15) is 0 Å². The van der Waals surface area contributed by atoms with E-state index in [0.29, 0.717) is 17.3 Å². The average Bonchev–Trinajstić information content (AvgIpc) is 3.25. The average molecular weight is 429 g/mol. The van der Waals surface area contributed by atoms with E-state index in [-0.39, 0.29) is 6.04 Å². The summed E-state index contributed by atoms with van der Waals surface area (Å²) in [4.78, 5) is 29.1. The minimum Gasteiger partial charge on any atom is -0.378 e. The number of carbonyl (C=O) groups is 2. The van der Waals surface area contributed by atoms with E-state index in [9.17, 15) is 9.59 Å². The summed E-state index contributed by atoms with van der Waals surface area (Å²) >= 11 is 6.09. The van der Waals surface area contributed by atoms with Crippen LogP contribution < -0.4 is 15.5 Å². The highest BCUT2D eigenvalue weighted by Gasteiger charge is 2.25. The van der Waals surface area contributed by atoms with E-state index < -0.39 is 11.8 Å². The lowest BCUT2D eigenvalue weighted by atomic mass is 10.0. The van der Waals surface area contributed by atoms with Gasteiger partial charge in [-0.25, -0.2) is 0 Å². The van der Waals surface area contributed by atoms with Crippen molar-refractivity contribution in [3.8, 4) is 0 Å². The van der Waals surface area contributed by atoms with Gasteiger partial charge >= 0.3 is 11.8 Å². The van der Waals surface area contributed by atoms with Crippen molar-refractivity contribution in [2.75, 3.05) is 43.9 Å². The largest absolute Gasteiger partial charge is 0.378 e. The first kappa shape index (κ1) is 22.1. The first-order valence-electron chi connectivity index (χ1n) is 10.2. The van der Waals surface area contributed by atoms with E-state index in [4.69, 9.17) is 11.6 Å². The maximum absolute atomic E-state index is 12.4. The molecule has 30 heavy (non-hydrogen) atoms. The number of benzene rings is 2. The molecule has 1 fully saturated rings. The van der Waals surface area contributed by atoms with Crippen LogP contribution in [0.15, 0.2) is 42.5 Å². The fourth-order valence-electron chi connectivity index (χ4n) is 3.63. The third-order valence-electron chi connectivity index (χ3n) is 5.47. The van der Waals surface area contributed by atoms with Crippen LogP contribution >= 0.6 is 11.6 Å². The zero-order valence-electron chi connectivity index (χ0n) is 17.7. The smallest absolute Gasteiger partial charge is 0.313 e. The maximum Gasteiger partial charge on any atom is 0.313 e. The molecule has 0 saturated carbocycles. The summed E-state index contributed by atoms with van der Waals surface area (Å²) in [5, 5.41) is 5.96. The molecule has 160 valence electrons. The van der Waals surface area contributed by atoms with Crippen LogP contribution in [0.3, 0.4) is 0 Å². The number of halogens is 1. The molecule has 0 bridgehead atoms. The molecule has 0 radical (unpaired) electrons. The van der Waals surface area contributed by atoms with Gasteiger partial charge in [0.2, 0.25) is 0 Å². The second-order valence-corrected chi connectivity index (χ2v) is 8.28. The first-order chi connectivity index (χ1) is 14.3. The number of carbonyl (C=O) groups excluding carboxylic acids is 2. The van der Waals surface area contributed by atoms with Crippen molar-refractivity contribution in [1.29, 1.82) is 0 Å². The lowest BCUT2D eigenvalue weighted by Gasteiger charge is -2.28. The molecule has 2 amide bonds. The molecule has 1 saturated heterocycles. The highest BCUT2D eigenvalue weighted by molar-refractivity contribution is 6.39. The molecule has 0 spiro atoms. The van der Waals surface area contributed by atoms with Crippen molar-refractivity contribution in [1.82, 2.24) is 10.2 Å². The second kappa shape index (κ2) is 9.96. The molecule has 1 unspecified atom stereocenters. The molecule has 0 aliphatic carbocycles. The summed E-state index contributed by atoms with van der Waals surface area (Å²) < 4.78 is 0. The number of hydrogen-bond acceptors (Lipinski definition) is 4. The van der Waals surface area contributed by atoms with Crippen LogP contribution in [0.2, 0.25) is 5.02 Å². The SMILES string of the molecule is Cc1ccc(NC(=O)C(=O)NCC(c2ccc(N(C)C)cc2)N2CCCC2)cc1Cl. The van der Waals surface area contributed by atoms with Crippen molar-refractivity contribution >= 4 is 34.8 Å². The van der Waals surface area contributed by atoms with Gasteiger partial charge in [-0.15, -0.1) is 0 Å². The van der Waals surface area contributed by atoms with Crippen molar-refractivity contribution in [3.05, 3.63) is 58.6 Å². The predicted octanol–water partition coefficient (Wildman–Crippen LogP) is 3.61. The minimum atomic E-state index is -0.696. The fourth-order valence-corrected chi connectivity index (χ4v) is 3.81. The van der Waals surface area contributed by atoms with Gasteiger partial charge < -0.3 is 15.5 Å². The lowest BCUT2D eigenvalue weighted by molar-refractivity contribution is -0.136. The van der Waals surface area contributed by atoms with E-state index in [1.54, 1.807) is 18.2 Å². The third-order valence-corrected chi connectivity index (χ3v) is 5.87. The molecule has 1 heterocycles. The lowest BCUT2D eigenvalue weighted by Crippen LogP contribution is -2.41.